The number of rotatable bonds is 10. The molecular weight excluding hydrogens is 392 g/mol. The predicted octanol–water partition coefficient (Wildman–Crippen LogP) is 0.164. The van der Waals surface area contributed by atoms with Gasteiger partial charge in [-0.05, 0) is 43.4 Å². The van der Waals surface area contributed by atoms with Crippen LogP contribution in [0, 0.1) is 17.3 Å². The van der Waals surface area contributed by atoms with Crippen LogP contribution in [0.5, 0.6) is 0 Å². The van der Waals surface area contributed by atoms with Gasteiger partial charge in [-0.1, -0.05) is 20.8 Å². The quantitative estimate of drug-likeness (QED) is 0.315. The number of amides is 4. The molecule has 2 aliphatic rings. The lowest BCUT2D eigenvalue weighted by Crippen LogP contribution is -2.56. The van der Waals surface area contributed by atoms with Crippen molar-refractivity contribution >= 4 is 30.1 Å². The standard InChI is InChI=1S/C20H32N4O6/c1-20(2,3)9-14(23-18(28)15(11-4-5-11)24-19(29)30)17(27)22-13(10-25)8-12-6-7-21-16(12)26/h10-15,24H,4-9H2,1-3H3,(H,21,26)(H,22,27)(H,23,28)(H,29,30)/t12-,13?,14?,15?/m0/s1. The normalized spacial score (nSPS) is 21.7. The summed E-state index contributed by atoms with van der Waals surface area (Å²) in [7, 11) is 0. The molecule has 10 heteroatoms. The smallest absolute Gasteiger partial charge is 0.405 e. The van der Waals surface area contributed by atoms with Crippen LogP contribution in [0.4, 0.5) is 4.79 Å². The van der Waals surface area contributed by atoms with Gasteiger partial charge >= 0.3 is 6.09 Å². The first-order valence-electron chi connectivity index (χ1n) is 10.3. The zero-order valence-electron chi connectivity index (χ0n) is 17.7. The molecule has 4 amide bonds. The highest BCUT2D eigenvalue weighted by Gasteiger charge is 2.39. The number of nitrogens with one attached hydrogen (secondary N) is 4. The van der Waals surface area contributed by atoms with Crippen molar-refractivity contribution in [1.82, 2.24) is 21.3 Å². The van der Waals surface area contributed by atoms with Gasteiger partial charge in [0.25, 0.3) is 0 Å². The molecule has 168 valence electrons. The summed E-state index contributed by atoms with van der Waals surface area (Å²) in [5.41, 5.74) is -0.313. The molecule has 1 saturated heterocycles. The van der Waals surface area contributed by atoms with Gasteiger partial charge in [-0.3, -0.25) is 14.4 Å². The van der Waals surface area contributed by atoms with Gasteiger partial charge in [0, 0.05) is 12.5 Å². The van der Waals surface area contributed by atoms with Gasteiger partial charge < -0.3 is 31.2 Å². The highest BCUT2D eigenvalue weighted by Crippen LogP contribution is 2.33. The van der Waals surface area contributed by atoms with Gasteiger partial charge in [-0.25, -0.2) is 4.79 Å². The molecule has 0 aromatic carbocycles. The summed E-state index contributed by atoms with van der Waals surface area (Å²) in [6, 6.07) is -2.70. The van der Waals surface area contributed by atoms with Gasteiger partial charge in [0.1, 0.15) is 18.4 Å². The predicted molar refractivity (Wildman–Crippen MR) is 107 cm³/mol. The van der Waals surface area contributed by atoms with Gasteiger partial charge in [0.15, 0.2) is 0 Å². The molecule has 0 spiro atoms. The van der Waals surface area contributed by atoms with Crippen LogP contribution in [0.25, 0.3) is 0 Å². The SMILES string of the molecule is CC(C)(C)CC(NC(=O)C(NC(=O)O)C1CC1)C(=O)NC(C=O)C[C@@H]1CCNC1=O. The Morgan fingerprint density at radius 1 is 1.13 bits per heavy atom. The molecule has 4 atom stereocenters. The van der Waals surface area contributed by atoms with Crippen molar-refractivity contribution in [3.63, 3.8) is 0 Å². The number of carbonyl (C=O) groups excluding carboxylic acids is 4. The fourth-order valence-corrected chi connectivity index (χ4v) is 3.65. The first-order valence-corrected chi connectivity index (χ1v) is 10.3. The third-order valence-corrected chi connectivity index (χ3v) is 5.30. The minimum atomic E-state index is -1.30. The summed E-state index contributed by atoms with van der Waals surface area (Å²) in [5.74, 6) is -1.64. The first-order chi connectivity index (χ1) is 14.0. The molecule has 10 nitrogen and oxygen atoms in total. The molecule has 5 N–H and O–H groups in total. The van der Waals surface area contributed by atoms with E-state index in [0.29, 0.717) is 25.7 Å². The molecule has 1 saturated carbocycles. The van der Waals surface area contributed by atoms with E-state index in [1.54, 1.807) is 0 Å². The van der Waals surface area contributed by atoms with Crippen molar-refractivity contribution in [3.05, 3.63) is 0 Å². The van der Waals surface area contributed by atoms with Crippen LogP contribution in [0.3, 0.4) is 0 Å². The van der Waals surface area contributed by atoms with E-state index in [1.165, 1.54) is 0 Å². The number of hydrogen-bond acceptors (Lipinski definition) is 5. The monoisotopic (exact) mass is 424 g/mol. The van der Waals surface area contributed by atoms with E-state index in [2.05, 4.69) is 21.3 Å². The molecule has 0 aromatic rings. The second kappa shape index (κ2) is 9.90. The summed E-state index contributed by atoms with van der Waals surface area (Å²) in [6.45, 7) is 6.28. The largest absolute Gasteiger partial charge is 0.465 e. The minimum absolute atomic E-state index is 0.0805. The van der Waals surface area contributed by atoms with Crippen molar-refractivity contribution in [3.8, 4) is 0 Å². The summed E-state index contributed by atoms with van der Waals surface area (Å²) < 4.78 is 0. The number of aldehydes is 1. The van der Waals surface area contributed by atoms with Gasteiger partial charge in [0.2, 0.25) is 17.7 Å². The fourth-order valence-electron chi connectivity index (χ4n) is 3.65. The molecule has 30 heavy (non-hydrogen) atoms. The maximum Gasteiger partial charge on any atom is 0.405 e. The Hall–Kier alpha value is -2.65. The van der Waals surface area contributed by atoms with E-state index >= 15 is 0 Å². The molecule has 0 aromatic heterocycles. The van der Waals surface area contributed by atoms with Crippen LogP contribution in [-0.2, 0) is 19.2 Å². The molecule has 0 bridgehead atoms. The van der Waals surface area contributed by atoms with E-state index in [4.69, 9.17) is 5.11 Å². The van der Waals surface area contributed by atoms with Gasteiger partial charge in [0.05, 0.1) is 6.04 Å². The Balaban J connectivity index is 2.05. The summed E-state index contributed by atoms with van der Waals surface area (Å²) in [4.78, 5) is 59.9. The Labute approximate surface area is 175 Å². The molecule has 2 rings (SSSR count). The Kier molecular flexibility index (Phi) is 7.80. The van der Waals surface area contributed by atoms with Crippen molar-refractivity contribution in [2.75, 3.05) is 6.54 Å². The second-order valence-electron chi connectivity index (χ2n) is 9.35. The molecule has 2 fully saturated rings. The molecular formula is C20H32N4O6. The lowest BCUT2D eigenvalue weighted by molar-refractivity contribution is -0.132. The Morgan fingerprint density at radius 2 is 1.80 bits per heavy atom. The van der Waals surface area contributed by atoms with E-state index in [1.807, 2.05) is 20.8 Å². The zero-order chi connectivity index (χ0) is 22.5. The minimum Gasteiger partial charge on any atom is -0.465 e. The van der Waals surface area contributed by atoms with Crippen molar-refractivity contribution in [1.29, 1.82) is 0 Å². The lowest BCUT2D eigenvalue weighted by Gasteiger charge is -2.29. The van der Waals surface area contributed by atoms with E-state index < -0.39 is 36.0 Å². The third kappa shape index (κ3) is 7.31. The summed E-state index contributed by atoms with van der Waals surface area (Å²) >= 11 is 0. The zero-order valence-corrected chi connectivity index (χ0v) is 17.7. The van der Waals surface area contributed by atoms with Crippen LogP contribution in [0.15, 0.2) is 0 Å². The van der Waals surface area contributed by atoms with Crippen LogP contribution in [0.2, 0.25) is 0 Å². The first kappa shape index (κ1) is 23.6. The summed E-state index contributed by atoms with van der Waals surface area (Å²) in [6.07, 6.45) is 1.88. The lowest BCUT2D eigenvalue weighted by atomic mass is 9.87. The van der Waals surface area contributed by atoms with Crippen LogP contribution < -0.4 is 21.3 Å². The second-order valence-corrected chi connectivity index (χ2v) is 9.35. The Morgan fingerprint density at radius 3 is 2.27 bits per heavy atom. The number of carboxylic acid groups (broad SMARTS) is 1. The molecule has 1 aliphatic carbocycles. The Bertz CT molecular complexity index is 685. The molecule has 1 heterocycles. The highest BCUT2D eigenvalue weighted by atomic mass is 16.4. The van der Waals surface area contributed by atoms with Crippen LogP contribution >= 0.6 is 0 Å². The summed E-state index contributed by atoms with van der Waals surface area (Å²) in [5, 5.41) is 19.2. The average Bonchev–Trinajstić information content (AvgIpc) is 3.40. The highest BCUT2D eigenvalue weighted by molar-refractivity contribution is 5.92. The number of carbonyl (C=O) groups is 5. The fraction of sp³-hybridized carbons (Fsp3) is 0.750. The average molecular weight is 424 g/mol. The molecule has 0 radical (unpaired) electrons. The van der Waals surface area contributed by atoms with Crippen LogP contribution in [-0.4, -0.2) is 59.9 Å². The van der Waals surface area contributed by atoms with Crippen molar-refractivity contribution < 1.29 is 29.1 Å². The number of hydrogen-bond donors (Lipinski definition) is 5. The molecule has 3 unspecified atom stereocenters. The van der Waals surface area contributed by atoms with Gasteiger partial charge in [-0.2, -0.15) is 0 Å². The maximum absolute atomic E-state index is 12.9. The van der Waals surface area contributed by atoms with Crippen molar-refractivity contribution in [2.45, 2.75) is 71.0 Å². The topological polar surface area (TPSA) is 154 Å². The molecule has 1 aliphatic heterocycles. The van der Waals surface area contributed by atoms with E-state index in [-0.39, 0.29) is 29.6 Å². The van der Waals surface area contributed by atoms with Crippen molar-refractivity contribution in [2.24, 2.45) is 17.3 Å². The van der Waals surface area contributed by atoms with E-state index in [9.17, 15) is 24.0 Å². The maximum atomic E-state index is 12.9. The van der Waals surface area contributed by atoms with Gasteiger partial charge in [-0.15, -0.1) is 0 Å². The van der Waals surface area contributed by atoms with E-state index in [0.717, 1.165) is 12.8 Å². The van der Waals surface area contributed by atoms with Crippen LogP contribution in [0.1, 0.15) is 52.9 Å². The third-order valence-electron chi connectivity index (χ3n) is 5.30.